The average molecular weight is 808 g/mol. The molecule has 14 nitrogen and oxygen atoms in total. The molecule has 0 unspecified atom stereocenters. The van der Waals surface area contributed by atoms with Crippen LogP contribution in [0.2, 0.25) is 0 Å². The minimum atomic E-state index is -2.54. The molecule has 57 heavy (non-hydrogen) atoms. The van der Waals surface area contributed by atoms with Gasteiger partial charge in [0.05, 0.1) is 30.5 Å². The molecule has 14 heteroatoms. The molecule has 0 radical (unpaired) electrons. The molecule has 2 bridgehead atoms. The Morgan fingerprint density at radius 1 is 0.895 bits per heavy atom. The van der Waals surface area contributed by atoms with E-state index >= 15 is 0 Å². The Bertz CT molecular complexity index is 1480. The number of carbonyl (C=O) groups is 4. The van der Waals surface area contributed by atoms with E-state index in [0.717, 1.165) is 10.5 Å². The first-order valence-electron chi connectivity index (χ1n) is 20.9. The van der Waals surface area contributed by atoms with Crippen molar-refractivity contribution in [3.05, 3.63) is 23.3 Å². The van der Waals surface area contributed by atoms with Gasteiger partial charge in [-0.15, -0.1) is 0 Å². The van der Waals surface area contributed by atoms with E-state index < -0.39 is 95.8 Å². The third kappa shape index (κ3) is 10.8. The topological polar surface area (TPSA) is 199 Å². The molecule has 1 saturated carbocycles. The van der Waals surface area contributed by atoms with E-state index in [2.05, 4.69) is 0 Å². The summed E-state index contributed by atoms with van der Waals surface area (Å²) < 4.78 is 29.6. The summed E-state index contributed by atoms with van der Waals surface area (Å²) in [4.78, 5) is 57.7. The van der Waals surface area contributed by atoms with E-state index in [9.17, 15) is 39.6 Å². The number of ketones is 2. The molecule has 3 fully saturated rings. The lowest BCUT2D eigenvalue weighted by Gasteiger charge is -2.47. The number of aliphatic hydroxyl groups excluding tert-OH is 2. The number of hydrogen-bond donors (Lipinski definition) is 4. The number of esters is 1. The number of allylic oxidation sites excluding steroid dienone is 2. The number of piperidine rings is 1. The summed E-state index contributed by atoms with van der Waals surface area (Å²) >= 11 is 0. The number of rotatable bonds is 6. The van der Waals surface area contributed by atoms with Crippen molar-refractivity contribution in [3.63, 3.8) is 0 Å². The SMILES string of the molecule is CC[C@]1(O)/C=C(\C)C[C@H](C)C[C@H](OC)[C@H]2O[C@@](O)(C(=O)C(=O)N3CCCC[C@H]3C(=O)O[C@H](/C(C)=C/[C@@H]3CC[C@@H](O)[C@H](OC)C3)[C@H](C)[C@@H](O)CC1=O)[C@H](C)C[C@@H]2OC. The van der Waals surface area contributed by atoms with Gasteiger partial charge in [-0.05, 0) is 102 Å². The molecule has 4 rings (SSSR count). The van der Waals surface area contributed by atoms with Crippen molar-refractivity contribution in [2.45, 2.75) is 172 Å². The highest BCUT2D eigenvalue weighted by molar-refractivity contribution is 6.39. The van der Waals surface area contributed by atoms with Crippen LogP contribution in [0.5, 0.6) is 0 Å². The van der Waals surface area contributed by atoms with Gasteiger partial charge >= 0.3 is 5.97 Å². The first-order chi connectivity index (χ1) is 26.8. The minimum absolute atomic E-state index is 0.0447. The van der Waals surface area contributed by atoms with Gasteiger partial charge in [0.1, 0.15) is 23.9 Å². The Morgan fingerprint density at radius 3 is 2.18 bits per heavy atom. The first-order valence-corrected chi connectivity index (χ1v) is 20.9. The van der Waals surface area contributed by atoms with Gasteiger partial charge in [0.25, 0.3) is 11.7 Å². The zero-order valence-electron chi connectivity index (χ0n) is 35.5. The summed E-state index contributed by atoms with van der Waals surface area (Å²) in [6.45, 7) is 10.6. The molecule has 324 valence electrons. The number of nitrogens with zero attached hydrogens (tertiary/aromatic N) is 1. The van der Waals surface area contributed by atoms with Crippen molar-refractivity contribution in [2.24, 2.45) is 23.7 Å². The van der Waals surface area contributed by atoms with Crippen LogP contribution in [0.3, 0.4) is 0 Å². The number of hydrogen-bond acceptors (Lipinski definition) is 13. The van der Waals surface area contributed by atoms with Crippen molar-refractivity contribution in [1.29, 1.82) is 0 Å². The first kappa shape index (κ1) is 47.1. The Morgan fingerprint density at radius 2 is 1.54 bits per heavy atom. The van der Waals surface area contributed by atoms with E-state index in [1.807, 2.05) is 19.9 Å². The standard InChI is InChI=1S/C43H69NO13/c1-10-42(51)23-25(3)17-24(2)18-34(54-8)38-35(55-9)20-27(5)43(52,57-38)39(48)40(49)44-16-12-11-13-30(44)41(50)56-37(28(6)32(46)22-36(42)47)26(4)19-29-14-15-31(45)33(21-29)53-7/h19,23-24,27-35,37-38,45-46,51-52H,10-18,20-22H2,1-9H3/b25-23+,26-19+/t24-,27+,28+,29-,30-,31+,32-,33+,34-,35-,37+,38+,42-,43+/m0/s1. The normalized spacial score (nSPS) is 42.4. The summed E-state index contributed by atoms with van der Waals surface area (Å²) in [6.07, 6.45) is 1.49. The quantitative estimate of drug-likeness (QED) is 0.173. The highest BCUT2D eigenvalue weighted by atomic mass is 16.7. The van der Waals surface area contributed by atoms with Crippen LogP contribution in [-0.4, -0.2) is 137 Å². The van der Waals surface area contributed by atoms with Gasteiger partial charge in [0.2, 0.25) is 5.79 Å². The molecule has 0 aromatic carbocycles. The van der Waals surface area contributed by atoms with Crippen LogP contribution in [-0.2, 0) is 42.9 Å². The van der Waals surface area contributed by atoms with E-state index in [1.165, 1.54) is 20.3 Å². The molecule has 0 aromatic heterocycles. The van der Waals surface area contributed by atoms with Crippen LogP contribution in [0.15, 0.2) is 23.3 Å². The number of aliphatic hydroxyl groups is 4. The summed E-state index contributed by atoms with van der Waals surface area (Å²) in [5.74, 6) is -8.00. The van der Waals surface area contributed by atoms with Gasteiger partial charge in [-0.1, -0.05) is 39.3 Å². The van der Waals surface area contributed by atoms with Gasteiger partial charge in [-0.3, -0.25) is 14.4 Å². The summed E-state index contributed by atoms with van der Waals surface area (Å²) in [5.41, 5.74) is -0.540. The maximum absolute atomic E-state index is 14.3. The van der Waals surface area contributed by atoms with Crippen LogP contribution < -0.4 is 0 Å². The number of amides is 1. The van der Waals surface area contributed by atoms with Crippen LogP contribution in [0, 0.1) is 23.7 Å². The van der Waals surface area contributed by atoms with Gasteiger partial charge in [0, 0.05) is 46.1 Å². The molecule has 2 saturated heterocycles. The zero-order valence-corrected chi connectivity index (χ0v) is 35.5. The molecule has 4 aliphatic rings. The Labute approximate surface area is 338 Å². The molecule has 3 aliphatic heterocycles. The minimum Gasteiger partial charge on any atom is -0.456 e. The Kier molecular flexibility index (Phi) is 16.6. The lowest BCUT2D eigenvalue weighted by molar-refractivity contribution is -0.302. The fourth-order valence-electron chi connectivity index (χ4n) is 9.40. The van der Waals surface area contributed by atoms with Gasteiger partial charge in [-0.2, -0.15) is 0 Å². The molecule has 0 aromatic rings. The number of Topliss-reactive ketones (excluding diaryl/α,β-unsaturated/α-hetero) is 2. The van der Waals surface area contributed by atoms with Crippen LogP contribution in [0.1, 0.15) is 112 Å². The van der Waals surface area contributed by atoms with E-state index in [1.54, 1.807) is 34.8 Å². The summed E-state index contributed by atoms with van der Waals surface area (Å²) in [6, 6.07) is -1.18. The molecular weight excluding hydrogens is 738 g/mol. The van der Waals surface area contributed by atoms with Crippen molar-refractivity contribution in [3.8, 4) is 0 Å². The highest BCUT2D eigenvalue weighted by Crippen LogP contribution is 2.39. The molecular formula is C43H69NO13. The van der Waals surface area contributed by atoms with E-state index in [0.29, 0.717) is 50.5 Å². The Hall–Kier alpha value is -2.56. The molecule has 1 amide bonds. The molecule has 3 heterocycles. The van der Waals surface area contributed by atoms with Gasteiger partial charge in [-0.25, -0.2) is 4.79 Å². The second-order valence-electron chi connectivity index (χ2n) is 17.4. The number of carbonyl (C=O) groups excluding carboxylic acids is 4. The van der Waals surface area contributed by atoms with E-state index in [-0.39, 0.29) is 43.7 Å². The number of fused-ring (bicyclic) bond motifs is 3. The van der Waals surface area contributed by atoms with E-state index in [4.69, 9.17) is 23.7 Å². The average Bonchev–Trinajstić information content (AvgIpc) is 3.18. The molecule has 4 N–H and O–H groups in total. The predicted octanol–water partition coefficient (Wildman–Crippen LogP) is 3.59. The largest absolute Gasteiger partial charge is 0.456 e. The lowest BCUT2D eigenvalue weighted by atomic mass is 9.81. The van der Waals surface area contributed by atoms with Gasteiger partial charge < -0.3 is 49.0 Å². The molecule has 14 atom stereocenters. The fourth-order valence-corrected chi connectivity index (χ4v) is 9.40. The van der Waals surface area contributed by atoms with Crippen LogP contribution >= 0.6 is 0 Å². The van der Waals surface area contributed by atoms with Crippen molar-refractivity contribution < 1.29 is 63.3 Å². The Balaban J connectivity index is 1.79. The third-order valence-electron chi connectivity index (χ3n) is 13.0. The molecule has 0 spiro atoms. The maximum Gasteiger partial charge on any atom is 0.329 e. The highest BCUT2D eigenvalue weighted by Gasteiger charge is 2.56. The summed E-state index contributed by atoms with van der Waals surface area (Å²) in [5, 5.41) is 45.8. The van der Waals surface area contributed by atoms with Crippen LogP contribution in [0.4, 0.5) is 0 Å². The number of methoxy groups -OCH3 is 3. The van der Waals surface area contributed by atoms with Crippen molar-refractivity contribution in [1.82, 2.24) is 4.90 Å². The maximum atomic E-state index is 14.3. The lowest BCUT2D eigenvalue weighted by Crippen LogP contribution is -2.64. The number of ether oxygens (including phenoxy) is 5. The number of cyclic esters (lactones) is 1. The molecule has 1 aliphatic carbocycles. The van der Waals surface area contributed by atoms with Gasteiger partial charge in [0.15, 0.2) is 5.78 Å². The second-order valence-corrected chi connectivity index (χ2v) is 17.4. The van der Waals surface area contributed by atoms with Crippen LogP contribution in [0.25, 0.3) is 0 Å². The smallest absolute Gasteiger partial charge is 0.329 e. The van der Waals surface area contributed by atoms with Crippen molar-refractivity contribution in [2.75, 3.05) is 27.9 Å². The summed E-state index contributed by atoms with van der Waals surface area (Å²) in [7, 11) is 4.54. The monoisotopic (exact) mass is 807 g/mol. The fraction of sp³-hybridized carbons (Fsp3) is 0.814. The predicted molar refractivity (Wildman–Crippen MR) is 210 cm³/mol. The zero-order chi connectivity index (χ0) is 42.4. The second kappa shape index (κ2) is 20.1. The third-order valence-corrected chi connectivity index (χ3v) is 13.0. The van der Waals surface area contributed by atoms with Crippen molar-refractivity contribution >= 4 is 23.4 Å².